The summed E-state index contributed by atoms with van der Waals surface area (Å²) in [4.78, 5) is 20.1. The van der Waals surface area contributed by atoms with Crippen LogP contribution in [0.1, 0.15) is 28.9 Å². The highest BCUT2D eigenvalue weighted by Gasteiger charge is 2.26. The summed E-state index contributed by atoms with van der Waals surface area (Å²) in [5, 5.41) is 8.72. The van der Waals surface area contributed by atoms with Crippen LogP contribution in [0.5, 0.6) is 0 Å². The van der Waals surface area contributed by atoms with Crippen LogP contribution in [0.3, 0.4) is 0 Å². The molecule has 0 radical (unpaired) electrons. The number of fused-ring (bicyclic) bond motifs is 1. The number of hydrogen-bond acceptors (Lipinski definition) is 4. The van der Waals surface area contributed by atoms with Crippen molar-refractivity contribution in [3.8, 4) is 11.3 Å². The molecule has 3 heterocycles. The molecule has 0 spiro atoms. The lowest BCUT2D eigenvalue weighted by Crippen LogP contribution is -2.44. The molecule has 0 unspecified atom stereocenters. The summed E-state index contributed by atoms with van der Waals surface area (Å²) in [5.74, 6) is 0.0441. The average Bonchev–Trinajstić information content (AvgIpc) is 3.01. The fourth-order valence-electron chi connectivity index (χ4n) is 3.92. The summed E-state index contributed by atoms with van der Waals surface area (Å²) in [5.41, 5.74) is 4.06. The lowest BCUT2D eigenvalue weighted by molar-refractivity contribution is 0.0705. The van der Waals surface area contributed by atoms with Crippen LogP contribution in [-0.2, 0) is 7.05 Å². The standard InChI is InChI=1S/C21H25N5O/c1-14-19-17(21(27)25(2)16-9-11-22-12-10-16)13-18(15-7-5-4-6-8-15)23-20(19)26(3)24-14/h4-8,13,16,22H,9-12H2,1-3H3. The van der Waals surface area contributed by atoms with Gasteiger partial charge in [-0.1, -0.05) is 30.3 Å². The molecule has 4 rings (SSSR count). The largest absolute Gasteiger partial charge is 0.339 e. The van der Waals surface area contributed by atoms with Gasteiger partial charge in [0.15, 0.2) is 5.65 Å². The van der Waals surface area contributed by atoms with Crippen LogP contribution in [0.25, 0.3) is 22.3 Å². The third kappa shape index (κ3) is 3.21. The zero-order valence-electron chi connectivity index (χ0n) is 16.1. The van der Waals surface area contributed by atoms with Crippen LogP contribution < -0.4 is 5.32 Å². The van der Waals surface area contributed by atoms with E-state index >= 15 is 0 Å². The molecule has 1 fully saturated rings. The van der Waals surface area contributed by atoms with Crippen LogP contribution in [0.2, 0.25) is 0 Å². The number of rotatable bonds is 3. The van der Waals surface area contributed by atoms with E-state index in [4.69, 9.17) is 4.98 Å². The van der Waals surface area contributed by atoms with Crippen LogP contribution in [0.15, 0.2) is 36.4 Å². The highest BCUT2D eigenvalue weighted by atomic mass is 16.2. The second-order valence-electron chi connectivity index (χ2n) is 7.23. The van der Waals surface area contributed by atoms with Crippen molar-refractivity contribution in [1.82, 2.24) is 25.0 Å². The zero-order valence-corrected chi connectivity index (χ0v) is 16.1. The van der Waals surface area contributed by atoms with Crippen molar-refractivity contribution in [2.24, 2.45) is 7.05 Å². The van der Waals surface area contributed by atoms with Crippen molar-refractivity contribution in [2.75, 3.05) is 20.1 Å². The summed E-state index contributed by atoms with van der Waals surface area (Å²) >= 11 is 0. The van der Waals surface area contributed by atoms with Gasteiger partial charge in [0.05, 0.1) is 22.3 Å². The Morgan fingerprint density at radius 1 is 1.22 bits per heavy atom. The number of piperidine rings is 1. The van der Waals surface area contributed by atoms with Gasteiger partial charge in [0, 0.05) is 25.7 Å². The zero-order chi connectivity index (χ0) is 19.0. The molecule has 1 aliphatic rings. The van der Waals surface area contributed by atoms with E-state index in [1.54, 1.807) is 4.68 Å². The number of benzene rings is 1. The minimum absolute atomic E-state index is 0.0441. The maximum Gasteiger partial charge on any atom is 0.254 e. The van der Waals surface area contributed by atoms with Gasteiger partial charge in [0.1, 0.15) is 0 Å². The summed E-state index contributed by atoms with van der Waals surface area (Å²) in [6.45, 7) is 3.85. The van der Waals surface area contributed by atoms with Crippen molar-refractivity contribution < 1.29 is 4.79 Å². The third-order valence-corrected chi connectivity index (χ3v) is 5.45. The maximum atomic E-state index is 13.4. The first kappa shape index (κ1) is 17.7. The Hall–Kier alpha value is -2.73. The number of carbonyl (C=O) groups excluding carboxylic acids is 1. The number of amides is 1. The van der Waals surface area contributed by atoms with Gasteiger partial charge in [-0.2, -0.15) is 5.10 Å². The van der Waals surface area contributed by atoms with Gasteiger partial charge in [-0.25, -0.2) is 4.98 Å². The molecule has 3 aromatic rings. The molecule has 6 heteroatoms. The monoisotopic (exact) mass is 363 g/mol. The second kappa shape index (κ2) is 7.12. The molecular weight excluding hydrogens is 338 g/mol. The van der Waals surface area contributed by atoms with Crippen molar-refractivity contribution in [2.45, 2.75) is 25.8 Å². The van der Waals surface area contributed by atoms with Crippen molar-refractivity contribution in [1.29, 1.82) is 0 Å². The minimum Gasteiger partial charge on any atom is -0.339 e. The van der Waals surface area contributed by atoms with Gasteiger partial charge >= 0.3 is 0 Å². The Balaban J connectivity index is 1.84. The highest BCUT2D eigenvalue weighted by Crippen LogP contribution is 2.28. The number of aromatic nitrogens is 3. The topological polar surface area (TPSA) is 63.1 Å². The number of aryl methyl sites for hydroxylation is 2. The minimum atomic E-state index is 0.0441. The first-order valence-electron chi connectivity index (χ1n) is 9.44. The fraction of sp³-hybridized carbons (Fsp3) is 0.381. The van der Waals surface area contributed by atoms with E-state index in [1.807, 2.05) is 62.3 Å². The van der Waals surface area contributed by atoms with Crippen LogP contribution in [0, 0.1) is 6.92 Å². The first-order chi connectivity index (χ1) is 13.1. The summed E-state index contributed by atoms with van der Waals surface area (Å²) < 4.78 is 1.76. The van der Waals surface area contributed by atoms with E-state index in [9.17, 15) is 4.79 Å². The molecule has 1 aliphatic heterocycles. The van der Waals surface area contributed by atoms with Gasteiger partial charge in [-0.3, -0.25) is 9.48 Å². The van der Waals surface area contributed by atoms with Crippen molar-refractivity contribution in [3.05, 3.63) is 47.7 Å². The number of nitrogens with one attached hydrogen (secondary N) is 1. The molecular formula is C21H25N5O. The molecule has 27 heavy (non-hydrogen) atoms. The second-order valence-corrected chi connectivity index (χ2v) is 7.23. The Bertz CT molecular complexity index is 973. The van der Waals surface area contributed by atoms with Crippen molar-refractivity contribution >= 4 is 16.9 Å². The van der Waals surface area contributed by atoms with Crippen molar-refractivity contribution in [3.63, 3.8) is 0 Å². The molecule has 0 aliphatic carbocycles. The Kier molecular flexibility index (Phi) is 4.66. The number of hydrogen-bond donors (Lipinski definition) is 1. The molecule has 0 saturated carbocycles. The van der Waals surface area contributed by atoms with E-state index in [-0.39, 0.29) is 11.9 Å². The van der Waals surface area contributed by atoms with E-state index in [0.717, 1.165) is 53.9 Å². The van der Waals surface area contributed by atoms with E-state index < -0.39 is 0 Å². The predicted molar refractivity (Wildman–Crippen MR) is 107 cm³/mol. The summed E-state index contributed by atoms with van der Waals surface area (Å²) in [6, 6.07) is 12.2. The Morgan fingerprint density at radius 3 is 2.63 bits per heavy atom. The van der Waals surface area contributed by atoms with Gasteiger partial charge in [0.2, 0.25) is 0 Å². The van der Waals surface area contributed by atoms with E-state index in [0.29, 0.717) is 5.56 Å². The van der Waals surface area contributed by atoms with Gasteiger partial charge in [0.25, 0.3) is 5.91 Å². The first-order valence-corrected chi connectivity index (χ1v) is 9.44. The molecule has 0 atom stereocenters. The van der Waals surface area contributed by atoms with Gasteiger partial charge in [-0.15, -0.1) is 0 Å². The summed E-state index contributed by atoms with van der Waals surface area (Å²) in [6.07, 6.45) is 1.96. The summed E-state index contributed by atoms with van der Waals surface area (Å²) in [7, 11) is 3.79. The Labute approximate surface area is 159 Å². The lowest BCUT2D eigenvalue weighted by atomic mass is 10.0. The van der Waals surface area contributed by atoms with E-state index in [1.165, 1.54) is 0 Å². The highest BCUT2D eigenvalue weighted by molar-refractivity contribution is 6.07. The molecule has 1 amide bonds. The smallest absolute Gasteiger partial charge is 0.254 e. The van der Waals surface area contributed by atoms with Gasteiger partial charge < -0.3 is 10.2 Å². The predicted octanol–water partition coefficient (Wildman–Crippen LogP) is 2.77. The number of carbonyl (C=O) groups is 1. The van der Waals surface area contributed by atoms with Crippen LogP contribution >= 0.6 is 0 Å². The molecule has 1 aromatic carbocycles. The maximum absolute atomic E-state index is 13.4. The quantitative estimate of drug-likeness (QED) is 0.777. The van der Waals surface area contributed by atoms with Crippen LogP contribution in [-0.4, -0.2) is 51.8 Å². The average molecular weight is 363 g/mol. The Morgan fingerprint density at radius 2 is 1.93 bits per heavy atom. The molecule has 1 saturated heterocycles. The van der Waals surface area contributed by atoms with Crippen LogP contribution in [0.4, 0.5) is 0 Å². The van der Waals surface area contributed by atoms with E-state index in [2.05, 4.69) is 10.4 Å². The lowest BCUT2D eigenvalue weighted by Gasteiger charge is -2.32. The molecule has 2 aromatic heterocycles. The third-order valence-electron chi connectivity index (χ3n) is 5.45. The number of pyridine rings is 1. The SMILES string of the molecule is Cc1nn(C)c2nc(-c3ccccc3)cc(C(=O)N(C)C3CCNCC3)c12. The molecule has 0 bridgehead atoms. The fourth-order valence-corrected chi connectivity index (χ4v) is 3.92. The number of nitrogens with zero attached hydrogens (tertiary/aromatic N) is 4. The molecule has 140 valence electrons. The normalized spacial score (nSPS) is 15.2. The van der Waals surface area contributed by atoms with Gasteiger partial charge in [-0.05, 0) is 38.9 Å². The molecule has 1 N–H and O–H groups in total. The molecule has 6 nitrogen and oxygen atoms in total.